The molecule has 0 aromatic carbocycles. The SMILES string of the molecule is CC1CNc2nc[nH]c(=O)c2C1. The zero-order valence-corrected chi connectivity index (χ0v) is 6.92. The number of hydrogen-bond donors (Lipinski definition) is 2. The van der Waals surface area contributed by atoms with Crippen LogP contribution in [-0.2, 0) is 6.42 Å². The largest absolute Gasteiger partial charge is 0.369 e. The van der Waals surface area contributed by atoms with E-state index in [0.29, 0.717) is 5.92 Å². The van der Waals surface area contributed by atoms with Gasteiger partial charge in [0.15, 0.2) is 0 Å². The van der Waals surface area contributed by atoms with Gasteiger partial charge < -0.3 is 10.3 Å². The molecule has 1 aromatic rings. The first kappa shape index (κ1) is 7.34. The molecular weight excluding hydrogens is 154 g/mol. The first-order valence-corrected chi connectivity index (χ1v) is 4.08. The number of nitrogens with zero attached hydrogens (tertiary/aromatic N) is 1. The van der Waals surface area contributed by atoms with Crippen molar-refractivity contribution in [3.63, 3.8) is 0 Å². The van der Waals surface area contributed by atoms with Gasteiger partial charge in [-0.2, -0.15) is 0 Å². The van der Waals surface area contributed by atoms with E-state index in [2.05, 4.69) is 22.2 Å². The van der Waals surface area contributed by atoms with Gasteiger partial charge in [0.2, 0.25) is 0 Å². The van der Waals surface area contributed by atoms with E-state index in [4.69, 9.17) is 0 Å². The Bertz CT molecular complexity index is 344. The zero-order chi connectivity index (χ0) is 8.55. The van der Waals surface area contributed by atoms with Gasteiger partial charge in [0.25, 0.3) is 5.56 Å². The maximum absolute atomic E-state index is 11.3. The molecule has 0 aliphatic carbocycles. The van der Waals surface area contributed by atoms with Crippen molar-refractivity contribution in [1.82, 2.24) is 9.97 Å². The first-order valence-electron chi connectivity index (χ1n) is 4.08. The van der Waals surface area contributed by atoms with Gasteiger partial charge in [0.1, 0.15) is 5.82 Å². The summed E-state index contributed by atoms with van der Waals surface area (Å²) in [5.74, 6) is 1.26. The molecule has 4 nitrogen and oxygen atoms in total. The van der Waals surface area contributed by atoms with E-state index in [1.807, 2.05) is 0 Å². The van der Waals surface area contributed by atoms with Gasteiger partial charge in [-0.05, 0) is 12.3 Å². The number of nitrogens with one attached hydrogen (secondary N) is 2. The van der Waals surface area contributed by atoms with Crippen LogP contribution in [0.2, 0.25) is 0 Å². The Hall–Kier alpha value is -1.32. The Morgan fingerprint density at radius 2 is 2.50 bits per heavy atom. The van der Waals surface area contributed by atoms with E-state index >= 15 is 0 Å². The number of rotatable bonds is 0. The smallest absolute Gasteiger partial charge is 0.256 e. The van der Waals surface area contributed by atoms with Crippen LogP contribution in [0.25, 0.3) is 0 Å². The second-order valence-electron chi connectivity index (χ2n) is 3.25. The lowest BCUT2D eigenvalue weighted by molar-refractivity contribution is 0.585. The highest BCUT2D eigenvalue weighted by molar-refractivity contribution is 5.44. The minimum atomic E-state index is -0.0148. The van der Waals surface area contributed by atoms with Gasteiger partial charge in [-0.25, -0.2) is 4.98 Å². The Labute approximate surface area is 70.0 Å². The topological polar surface area (TPSA) is 57.8 Å². The van der Waals surface area contributed by atoms with Crippen LogP contribution >= 0.6 is 0 Å². The summed E-state index contributed by atoms with van der Waals surface area (Å²) >= 11 is 0. The van der Waals surface area contributed by atoms with Crippen molar-refractivity contribution in [1.29, 1.82) is 0 Å². The molecule has 0 radical (unpaired) electrons. The molecule has 2 heterocycles. The van der Waals surface area contributed by atoms with Crippen LogP contribution in [0.3, 0.4) is 0 Å². The highest BCUT2D eigenvalue weighted by atomic mass is 16.1. The second-order valence-corrected chi connectivity index (χ2v) is 3.25. The summed E-state index contributed by atoms with van der Waals surface area (Å²) in [7, 11) is 0. The third-order valence-corrected chi connectivity index (χ3v) is 2.12. The fourth-order valence-electron chi connectivity index (χ4n) is 1.46. The fourth-order valence-corrected chi connectivity index (χ4v) is 1.46. The first-order chi connectivity index (χ1) is 5.77. The minimum absolute atomic E-state index is 0.0148. The van der Waals surface area contributed by atoms with Crippen molar-refractivity contribution in [3.05, 3.63) is 22.2 Å². The van der Waals surface area contributed by atoms with Crippen molar-refractivity contribution >= 4 is 5.82 Å². The van der Waals surface area contributed by atoms with Crippen LogP contribution in [0.4, 0.5) is 5.82 Å². The van der Waals surface area contributed by atoms with E-state index in [9.17, 15) is 4.79 Å². The summed E-state index contributed by atoms with van der Waals surface area (Å²) in [6.45, 7) is 3.02. The third-order valence-electron chi connectivity index (χ3n) is 2.12. The van der Waals surface area contributed by atoms with Crippen LogP contribution in [0, 0.1) is 5.92 Å². The summed E-state index contributed by atoms with van der Waals surface area (Å²) in [6.07, 6.45) is 2.26. The molecule has 2 rings (SSSR count). The van der Waals surface area contributed by atoms with E-state index in [1.54, 1.807) is 0 Å². The molecule has 1 aliphatic heterocycles. The Balaban J connectivity index is 2.50. The van der Waals surface area contributed by atoms with Crippen molar-refractivity contribution in [3.8, 4) is 0 Å². The number of hydrogen-bond acceptors (Lipinski definition) is 3. The average Bonchev–Trinajstić information content (AvgIpc) is 2.07. The second kappa shape index (κ2) is 2.62. The maximum atomic E-state index is 11.3. The zero-order valence-electron chi connectivity index (χ0n) is 6.92. The average molecular weight is 165 g/mol. The molecule has 0 saturated heterocycles. The quantitative estimate of drug-likeness (QED) is 0.584. The number of aromatic nitrogens is 2. The van der Waals surface area contributed by atoms with Gasteiger partial charge >= 0.3 is 0 Å². The molecule has 0 saturated carbocycles. The lowest BCUT2D eigenvalue weighted by Crippen LogP contribution is -2.28. The standard InChI is InChI=1S/C8H11N3O/c1-5-2-6-7(9-3-5)10-4-11-8(6)12/h4-5H,2-3H2,1H3,(H2,9,10,11,12). The summed E-state index contributed by atoms with van der Waals surface area (Å²) in [6, 6.07) is 0. The molecule has 1 aromatic heterocycles. The number of anilines is 1. The van der Waals surface area contributed by atoms with Gasteiger partial charge in [-0.15, -0.1) is 0 Å². The van der Waals surface area contributed by atoms with Gasteiger partial charge in [-0.1, -0.05) is 6.92 Å². The molecule has 64 valence electrons. The number of H-pyrrole nitrogens is 1. The van der Waals surface area contributed by atoms with Crippen molar-refractivity contribution in [2.24, 2.45) is 5.92 Å². The monoisotopic (exact) mass is 165 g/mol. The molecule has 12 heavy (non-hydrogen) atoms. The normalized spacial score (nSPS) is 21.2. The van der Waals surface area contributed by atoms with E-state index in [0.717, 1.165) is 24.3 Å². The van der Waals surface area contributed by atoms with Crippen LogP contribution < -0.4 is 10.9 Å². The summed E-state index contributed by atoms with van der Waals surface area (Å²) in [5, 5.41) is 3.12. The molecule has 2 N–H and O–H groups in total. The number of fused-ring (bicyclic) bond motifs is 1. The maximum Gasteiger partial charge on any atom is 0.256 e. The third kappa shape index (κ3) is 1.09. The van der Waals surface area contributed by atoms with Crippen molar-refractivity contribution in [2.45, 2.75) is 13.3 Å². The molecular formula is C8H11N3O. The van der Waals surface area contributed by atoms with Gasteiger partial charge in [0.05, 0.1) is 11.9 Å². The molecule has 1 unspecified atom stereocenters. The van der Waals surface area contributed by atoms with E-state index in [-0.39, 0.29) is 5.56 Å². The minimum Gasteiger partial charge on any atom is -0.369 e. The van der Waals surface area contributed by atoms with Crippen LogP contribution in [0.5, 0.6) is 0 Å². The van der Waals surface area contributed by atoms with Gasteiger partial charge in [0, 0.05) is 6.54 Å². The van der Waals surface area contributed by atoms with Crippen LogP contribution in [0.1, 0.15) is 12.5 Å². The molecule has 4 heteroatoms. The molecule has 0 amide bonds. The van der Waals surface area contributed by atoms with Crippen molar-refractivity contribution in [2.75, 3.05) is 11.9 Å². The lowest BCUT2D eigenvalue weighted by Gasteiger charge is -2.20. The Morgan fingerprint density at radius 1 is 1.67 bits per heavy atom. The van der Waals surface area contributed by atoms with E-state index < -0.39 is 0 Å². The molecule has 1 aliphatic rings. The van der Waals surface area contributed by atoms with Crippen molar-refractivity contribution < 1.29 is 0 Å². The van der Waals surface area contributed by atoms with Gasteiger partial charge in [-0.3, -0.25) is 4.79 Å². The fraction of sp³-hybridized carbons (Fsp3) is 0.500. The molecule has 0 fully saturated rings. The van der Waals surface area contributed by atoms with Crippen LogP contribution in [-0.4, -0.2) is 16.5 Å². The summed E-state index contributed by atoms with van der Waals surface area (Å²) in [5.41, 5.74) is 0.773. The summed E-state index contributed by atoms with van der Waals surface area (Å²) in [4.78, 5) is 17.9. The Morgan fingerprint density at radius 3 is 3.33 bits per heavy atom. The molecule has 1 atom stereocenters. The predicted molar refractivity (Wildman–Crippen MR) is 46.2 cm³/mol. The highest BCUT2D eigenvalue weighted by Crippen LogP contribution is 2.17. The van der Waals surface area contributed by atoms with E-state index in [1.165, 1.54) is 6.33 Å². The molecule has 0 bridgehead atoms. The van der Waals surface area contributed by atoms with Crippen LogP contribution in [0.15, 0.2) is 11.1 Å². The highest BCUT2D eigenvalue weighted by Gasteiger charge is 2.17. The lowest BCUT2D eigenvalue weighted by atomic mass is 9.99. The summed E-state index contributed by atoms with van der Waals surface area (Å²) < 4.78 is 0. The molecule has 0 spiro atoms. The number of aromatic amines is 1. The Kier molecular flexibility index (Phi) is 1.60. The predicted octanol–water partition coefficient (Wildman–Crippen LogP) is 0.374.